The molecule has 0 saturated heterocycles. The fourth-order valence-corrected chi connectivity index (χ4v) is 1.17. The molecule has 3 nitrogen and oxygen atoms in total. The van der Waals surface area contributed by atoms with Crippen molar-refractivity contribution in [3.63, 3.8) is 0 Å². The first kappa shape index (κ1) is 14.0. The zero-order valence-electron chi connectivity index (χ0n) is 8.70. The zero-order chi connectivity index (χ0) is 10.6. The maximum atomic E-state index is 12.3. The van der Waals surface area contributed by atoms with Gasteiger partial charge in [0.25, 0.3) is 0 Å². The Balaban J connectivity index is 0.00000196. The first-order valence-corrected chi connectivity index (χ1v) is 4.26. The SMILES string of the molecule is COc1ccc([C@H](N)CF)cc1OC.Cl. The van der Waals surface area contributed by atoms with E-state index in [1.165, 1.54) is 7.11 Å². The lowest BCUT2D eigenvalue weighted by Gasteiger charge is -2.12. The Morgan fingerprint density at radius 3 is 2.33 bits per heavy atom. The van der Waals surface area contributed by atoms with Crippen molar-refractivity contribution in [1.82, 2.24) is 0 Å². The van der Waals surface area contributed by atoms with E-state index in [0.717, 1.165) is 0 Å². The van der Waals surface area contributed by atoms with E-state index in [0.29, 0.717) is 17.1 Å². The molecule has 0 aromatic heterocycles. The maximum absolute atomic E-state index is 12.3. The minimum absolute atomic E-state index is 0. The molecule has 0 aliphatic rings. The van der Waals surface area contributed by atoms with Crippen LogP contribution in [-0.4, -0.2) is 20.9 Å². The minimum atomic E-state index is -0.602. The topological polar surface area (TPSA) is 44.5 Å². The van der Waals surface area contributed by atoms with Crippen molar-refractivity contribution >= 4 is 12.4 Å². The number of halogens is 2. The number of benzene rings is 1. The molecule has 1 atom stereocenters. The Labute approximate surface area is 94.8 Å². The van der Waals surface area contributed by atoms with Crippen LogP contribution >= 0.6 is 12.4 Å². The summed E-state index contributed by atoms with van der Waals surface area (Å²) in [6, 6.07) is 4.52. The first-order valence-electron chi connectivity index (χ1n) is 4.26. The van der Waals surface area contributed by atoms with Crippen LogP contribution in [0.5, 0.6) is 11.5 Å². The third-order valence-corrected chi connectivity index (χ3v) is 2.00. The molecule has 5 heteroatoms. The van der Waals surface area contributed by atoms with Gasteiger partial charge in [0.05, 0.1) is 20.3 Å². The van der Waals surface area contributed by atoms with E-state index >= 15 is 0 Å². The average molecular weight is 236 g/mol. The van der Waals surface area contributed by atoms with Crippen LogP contribution in [0.2, 0.25) is 0 Å². The number of hydrogen-bond acceptors (Lipinski definition) is 3. The molecule has 0 aliphatic carbocycles. The summed E-state index contributed by atoms with van der Waals surface area (Å²) in [5, 5.41) is 0. The van der Waals surface area contributed by atoms with Crippen molar-refractivity contribution in [2.45, 2.75) is 6.04 Å². The van der Waals surface area contributed by atoms with E-state index in [1.54, 1.807) is 25.3 Å². The van der Waals surface area contributed by atoms with Gasteiger partial charge in [-0.3, -0.25) is 0 Å². The highest BCUT2D eigenvalue weighted by Crippen LogP contribution is 2.29. The van der Waals surface area contributed by atoms with Crippen LogP contribution in [0, 0.1) is 0 Å². The molecule has 0 heterocycles. The van der Waals surface area contributed by atoms with Crippen molar-refractivity contribution in [3.05, 3.63) is 23.8 Å². The molecule has 86 valence electrons. The molecule has 0 unspecified atom stereocenters. The van der Waals surface area contributed by atoms with Gasteiger partial charge < -0.3 is 15.2 Å². The van der Waals surface area contributed by atoms with Crippen LogP contribution in [0.25, 0.3) is 0 Å². The first-order chi connectivity index (χ1) is 6.72. The lowest BCUT2D eigenvalue weighted by molar-refractivity contribution is 0.353. The third kappa shape index (κ3) is 3.25. The van der Waals surface area contributed by atoms with E-state index < -0.39 is 12.7 Å². The Morgan fingerprint density at radius 1 is 1.27 bits per heavy atom. The van der Waals surface area contributed by atoms with Crippen LogP contribution in [0.4, 0.5) is 4.39 Å². The number of alkyl halides is 1. The molecular weight excluding hydrogens is 221 g/mol. The fourth-order valence-electron chi connectivity index (χ4n) is 1.17. The highest BCUT2D eigenvalue weighted by atomic mass is 35.5. The van der Waals surface area contributed by atoms with Gasteiger partial charge in [-0.25, -0.2) is 4.39 Å². The Bertz CT molecular complexity index is 309. The number of ether oxygens (including phenoxy) is 2. The van der Waals surface area contributed by atoms with Gasteiger partial charge in [-0.1, -0.05) is 6.07 Å². The summed E-state index contributed by atoms with van der Waals surface area (Å²) in [4.78, 5) is 0. The number of rotatable bonds is 4. The molecule has 0 saturated carbocycles. The number of methoxy groups -OCH3 is 2. The van der Waals surface area contributed by atoms with E-state index in [1.807, 2.05) is 0 Å². The Morgan fingerprint density at radius 2 is 1.87 bits per heavy atom. The van der Waals surface area contributed by atoms with Crippen LogP contribution in [0.1, 0.15) is 11.6 Å². The molecule has 1 aromatic carbocycles. The molecule has 2 N–H and O–H groups in total. The monoisotopic (exact) mass is 235 g/mol. The van der Waals surface area contributed by atoms with Gasteiger partial charge in [0.15, 0.2) is 11.5 Å². The summed E-state index contributed by atoms with van der Waals surface area (Å²) in [7, 11) is 3.08. The molecule has 0 amide bonds. The normalized spacial score (nSPS) is 11.5. The molecular formula is C10H15ClFNO2. The summed E-state index contributed by atoms with van der Waals surface area (Å²) in [6.07, 6.45) is 0. The second-order valence-electron chi connectivity index (χ2n) is 2.88. The maximum Gasteiger partial charge on any atom is 0.161 e. The van der Waals surface area contributed by atoms with E-state index in [4.69, 9.17) is 15.2 Å². The lowest BCUT2D eigenvalue weighted by atomic mass is 10.1. The summed E-state index contributed by atoms with van der Waals surface area (Å²) in [5.74, 6) is 1.18. The third-order valence-electron chi connectivity index (χ3n) is 2.00. The lowest BCUT2D eigenvalue weighted by Crippen LogP contribution is -2.12. The average Bonchev–Trinajstić information content (AvgIpc) is 2.26. The van der Waals surface area contributed by atoms with Gasteiger partial charge in [0.2, 0.25) is 0 Å². The highest BCUT2D eigenvalue weighted by Gasteiger charge is 2.09. The van der Waals surface area contributed by atoms with Crippen LogP contribution in [-0.2, 0) is 0 Å². The van der Waals surface area contributed by atoms with Crippen molar-refractivity contribution < 1.29 is 13.9 Å². The van der Waals surface area contributed by atoms with Crippen molar-refractivity contribution in [2.75, 3.05) is 20.9 Å². The molecule has 1 aromatic rings. The van der Waals surface area contributed by atoms with Gasteiger partial charge in [-0.2, -0.15) is 0 Å². The van der Waals surface area contributed by atoms with Crippen LogP contribution in [0.3, 0.4) is 0 Å². The van der Waals surface area contributed by atoms with E-state index in [-0.39, 0.29) is 12.4 Å². The summed E-state index contributed by atoms with van der Waals surface area (Å²) >= 11 is 0. The van der Waals surface area contributed by atoms with Gasteiger partial charge in [0, 0.05) is 0 Å². The van der Waals surface area contributed by atoms with E-state index in [2.05, 4.69) is 0 Å². The molecule has 0 radical (unpaired) electrons. The van der Waals surface area contributed by atoms with Gasteiger partial charge in [0.1, 0.15) is 6.67 Å². The zero-order valence-corrected chi connectivity index (χ0v) is 9.51. The number of nitrogens with two attached hydrogens (primary N) is 1. The molecule has 0 spiro atoms. The minimum Gasteiger partial charge on any atom is -0.493 e. The second kappa shape index (κ2) is 6.48. The molecule has 0 bridgehead atoms. The highest BCUT2D eigenvalue weighted by molar-refractivity contribution is 5.85. The second-order valence-corrected chi connectivity index (χ2v) is 2.88. The van der Waals surface area contributed by atoms with Crippen LogP contribution < -0.4 is 15.2 Å². The Kier molecular flexibility index (Phi) is 6.05. The number of hydrogen-bond donors (Lipinski definition) is 1. The van der Waals surface area contributed by atoms with E-state index in [9.17, 15) is 4.39 Å². The summed E-state index contributed by atoms with van der Waals surface area (Å²) < 4.78 is 22.4. The van der Waals surface area contributed by atoms with Crippen molar-refractivity contribution in [3.8, 4) is 11.5 Å². The Hall–Kier alpha value is -1.00. The summed E-state index contributed by atoms with van der Waals surface area (Å²) in [5.41, 5.74) is 6.24. The van der Waals surface area contributed by atoms with Gasteiger partial charge in [-0.05, 0) is 17.7 Å². The fraction of sp³-hybridized carbons (Fsp3) is 0.400. The predicted octanol–water partition coefficient (Wildman–Crippen LogP) is 2.09. The molecule has 0 fully saturated rings. The largest absolute Gasteiger partial charge is 0.493 e. The van der Waals surface area contributed by atoms with Crippen LogP contribution in [0.15, 0.2) is 18.2 Å². The predicted molar refractivity (Wildman–Crippen MR) is 59.7 cm³/mol. The van der Waals surface area contributed by atoms with Crippen molar-refractivity contribution in [1.29, 1.82) is 0 Å². The smallest absolute Gasteiger partial charge is 0.161 e. The van der Waals surface area contributed by atoms with Crippen molar-refractivity contribution in [2.24, 2.45) is 5.73 Å². The summed E-state index contributed by atoms with van der Waals surface area (Å²) in [6.45, 7) is -0.588. The molecule has 15 heavy (non-hydrogen) atoms. The standard InChI is InChI=1S/C10H14FNO2.ClH/c1-13-9-4-3-7(8(12)6-11)5-10(9)14-2;/h3-5,8H,6,12H2,1-2H3;1H/t8-;/m1./s1. The van der Waals surface area contributed by atoms with Gasteiger partial charge >= 0.3 is 0 Å². The quantitative estimate of drug-likeness (QED) is 0.869. The van der Waals surface area contributed by atoms with Gasteiger partial charge in [-0.15, -0.1) is 12.4 Å². The molecule has 1 rings (SSSR count). The molecule has 0 aliphatic heterocycles.